The fourth-order valence-electron chi connectivity index (χ4n) is 4.37. The number of nitrogens with one attached hydrogen (secondary N) is 1. The maximum absolute atomic E-state index is 13.5. The molecule has 0 amide bonds. The Morgan fingerprint density at radius 1 is 0.872 bits per heavy atom. The van der Waals surface area contributed by atoms with E-state index in [1.54, 1.807) is 47.6 Å². The zero-order valence-electron chi connectivity index (χ0n) is 22.7. The molecule has 0 aliphatic rings. The first-order valence-corrected chi connectivity index (χ1v) is 11.9. The van der Waals surface area contributed by atoms with E-state index in [4.69, 9.17) is 28.7 Å². The Morgan fingerprint density at radius 3 is 2.10 bits per heavy atom. The number of nitrogens with zero attached hydrogens (tertiary/aromatic N) is 2. The Morgan fingerprint density at radius 2 is 1.51 bits per heavy atom. The van der Waals surface area contributed by atoms with Crippen molar-refractivity contribution in [3.05, 3.63) is 59.3 Å². The lowest BCUT2D eigenvalue weighted by molar-refractivity contribution is 0.0525. The molecule has 0 aliphatic heterocycles. The van der Waals surface area contributed by atoms with Crippen molar-refractivity contribution >= 4 is 41.7 Å². The fourth-order valence-corrected chi connectivity index (χ4v) is 4.37. The minimum Gasteiger partial charge on any atom is -0.493 e. The maximum Gasteiger partial charge on any atom is 0.340 e. The molecule has 4 rings (SSSR count). The predicted molar refractivity (Wildman–Crippen MR) is 155 cm³/mol. The lowest BCUT2D eigenvalue weighted by atomic mass is 9.92. The largest absolute Gasteiger partial charge is 0.493 e. The molecule has 0 aliphatic carbocycles. The van der Waals surface area contributed by atoms with Crippen LogP contribution in [0.2, 0.25) is 0 Å². The van der Waals surface area contributed by atoms with Gasteiger partial charge in [0.05, 0.1) is 51.8 Å². The number of fused-ring (bicyclic) bond motifs is 1. The van der Waals surface area contributed by atoms with Gasteiger partial charge in [-0.3, -0.25) is 4.98 Å². The van der Waals surface area contributed by atoms with Crippen LogP contribution in [0, 0.1) is 6.92 Å². The van der Waals surface area contributed by atoms with E-state index >= 15 is 0 Å². The summed E-state index contributed by atoms with van der Waals surface area (Å²) in [7, 11) is 6.30. The number of aryl methyl sites for hydroxylation is 3. The van der Waals surface area contributed by atoms with Crippen molar-refractivity contribution in [2.75, 3.05) is 35.0 Å². The highest BCUT2D eigenvalue weighted by molar-refractivity contribution is 6.08. The van der Waals surface area contributed by atoms with Crippen molar-refractivity contribution in [1.82, 2.24) is 15.0 Å². The molecular weight excluding hydrogens is 545 g/mol. The highest BCUT2D eigenvalue weighted by Crippen LogP contribution is 2.42. The highest BCUT2D eigenvalue weighted by Gasteiger charge is 2.25. The molecule has 2 aromatic carbocycles. The van der Waals surface area contributed by atoms with Crippen LogP contribution in [-0.4, -0.2) is 56.0 Å². The second kappa shape index (κ2) is 13.9. The number of carbonyl (C=O) groups is 1. The van der Waals surface area contributed by atoms with Crippen molar-refractivity contribution < 1.29 is 28.5 Å². The third-order valence-electron chi connectivity index (χ3n) is 6.07. The van der Waals surface area contributed by atoms with Gasteiger partial charge in [-0.15, -0.1) is 24.8 Å². The Kier molecular flexibility index (Phi) is 11.2. The number of esters is 1. The number of hydrogen-bond donors (Lipinski definition) is 1. The van der Waals surface area contributed by atoms with Gasteiger partial charge in [-0.2, -0.15) is 0 Å². The molecule has 4 aromatic rings. The summed E-state index contributed by atoms with van der Waals surface area (Å²) in [6.07, 6.45) is 2.81. The lowest BCUT2D eigenvalue weighted by Crippen LogP contribution is -2.14. The number of H-pyrrole nitrogens is 1. The van der Waals surface area contributed by atoms with E-state index in [1.807, 2.05) is 31.2 Å². The molecule has 0 fully saturated rings. The Balaban J connectivity index is 0.00000267. The number of methoxy groups -OCH3 is 4. The average Bonchev–Trinajstić information content (AvgIpc) is 3.34. The number of benzene rings is 2. The number of hydrogen-bond acceptors (Lipinski definition) is 8. The van der Waals surface area contributed by atoms with Crippen LogP contribution in [0.5, 0.6) is 23.0 Å². The van der Waals surface area contributed by atoms with Crippen LogP contribution >= 0.6 is 24.8 Å². The summed E-state index contributed by atoms with van der Waals surface area (Å²) < 4.78 is 27.6. The minimum atomic E-state index is -0.456. The summed E-state index contributed by atoms with van der Waals surface area (Å²) >= 11 is 0. The molecule has 39 heavy (non-hydrogen) atoms. The molecule has 0 atom stereocenters. The molecule has 0 radical (unpaired) electrons. The molecular formula is C28H33Cl2N3O6. The lowest BCUT2D eigenvalue weighted by Gasteiger charge is -2.19. The van der Waals surface area contributed by atoms with Crippen molar-refractivity contribution in [1.29, 1.82) is 0 Å². The number of pyridine rings is 1. The number of rotatable bonds is 10. The quantitative estimate of drug-likeness (QED) is 0.237. The summed E-state index contributed by atoms with van der Waals surface area (Å²) in [6.45, 7) is 3.95. The zero-order chi connectivity index (χ0) is 26.5. The molecule has 2 heterocycles. The Hall–Kier alpha value is -3.69. The molecule has 0 spiro atoms. The van der Waals surface area contributed by atoms with Gasteiger partial charge in [0, 0.05) is 35.3 Å². The van der Waals surface area contributed by atoms with E-state index in [9.17, 15) is 4.79 Å². The van der Waals surface area contributed by atoms with Gasteiger partial charge in [0.2, 0.25) is 0 Å². The van der Waals surface area contributed by atoms with Crippen LogP contribution in [0.25, 0.3) is 22.0 Å². The normalized spacial score (nSPS) is 10.3. The third-order valence-corrected chi connectivity index (χ3v) is 6.07. The second-order valence-corrected chi connectivity index (χ2v) is 8.34. The molecule has 11 heteroatoms. The van der Waals surface area contributed by atoms with Crippen LogP contribution in [0.3, 0.4) is 0 Å². The first-order chi connectivity index (χ1) is 17.9. The summed E-state index contributed by atoms with van der Waals surface area (Å²) in [5, 5.41) is 0.713. The van der Waals surface area contributed by atoms with Gasteiger partial charge in [-0.25, -0.2) is 9.78 Å². The van der Waals surface area contributed by atoms with E-state index in [0.717, 1.165) is 17.1 Å². The Labute approximate surface area is 240 Å². The number of aromatic nitrogens is 3. The molecule has 210 valence electrons. The van der Waals surface area contributed by atoms with Gasteiger partial charge in [0.25, 0.3) is 0 Å². The zero-order valence-corrected chi connectivity index (χ0v) is 24.4. The van der Waals surface area contributed by atoms with Gasteiger partial charge in [0.15, 0.2) is 23.0 Å². The molecule has 0 saturated carbocycles. The highest BCUT2D eigenvalue weighted by atomic mass is 35.5. The van der Waals surface area contributed by atoms with Crippen LogP contribution < -0.4 is 18.9 Å². The summed E-state index contributed by atoms with van der Waals surface area (Å²) in [4.78, 5) is 26.0. The number of carbonyl (C=O) groups excluding carboxylic acids is 1. The van der Waals surface area contributed by atoms with Crippen LogP contribution in [0.4, 0.5) is 0 Å². The van der Waals surface area contributed by atoms with Gasteiger partial charge in [-0.1, -0.05) is 6.07 Å². The third kappa shape index (κ3) is 6.49. The van der Waals surface area contributed by atoms with E-state index in [-0.39, 0.29) is 31.4 Å². The first kappa shape index (κ1) is 31.5. The summed E-state index contributed by atoms with van der Waals surface area (Å²) in [5.41, 5.74) is 4.01. The van der Waals surface area contributed by atoms with E-state index < -0.39 is 5.97 Å². The molecule has 9 nitrogen and oxygen atoms in total. The fraction of sp³-hybridized carbons (Fsp3) is 0.321. The standard InChI is InChI=1S/C28H31N3O6.2ClH/c1-7-37-28(32)27-19(9-11-25-29-15-16(2)30-25)31-20-14-24(36-6)23(35-5)13-18(20)26(27)17-8-10-21(33-3)22(12-17)34-4;;/h8,10,12-15H,7,9,11H2,1-6H3,(H,29,30);2*1H. The maximum atomic E-state index is 13.5. The smallest absolute Gasteiger partial charge is 0.340 e. The molecule has 1 N–H and O–H groups in total. The monoisotopic (exact) mass is 577 g/mol. The summed E-state index contributed by atoms with van der Waals surface area (Å²) in [5.74, 6) is 2.53. The number of imidazole rings is 1. The molecule has 2 aromatic heterocycles. The van der Waals surface area contributed by atoms with Gasteiger partial charge in [0.1, 0.15) is 5.82 Å². The number of aromatic amines is 1. The van der Waals surface area contributed by atoms with Gasteiger partial charge >= 0.3 is 5.97 Å². The predicted octanol–water partition coefficient (Wildman–Crippen LogP) is 5.77. The molecule has 0 unspecified atom stereocenters. The first-order valence-electron chi connectivity index (χ1n) is 11.9. The van der Waals surface area contributed by atoms with E-state index in [1.165, 1.54) is 0 Å². The van der Waals surface area contributed by atoms with Gasteiger partial charge < -0.3 is 28.7 Å². The molecule has 0 saturated heterocycles. The van der Waals surface area contributed by atoms with Crippen LogP contribution in [0.15, 0.2) is 36.5 Å². The van der Waals surface area contributed by atoms with Crippen molar-refractivity contribution in [2.24, 2.45) is 0 Å². The summed E-state index contributed by atoms with van der Waals surface area (Å²) in [6, 6.07) is 9.17. The Bertz CT molecular complexity index is 1440. The number of halogens is 2. The minimum absolute atomic E-state index is 0. The SMILES string of the molecule is CCOC(=O)c1c(CCc2ncc(C)[nH]2)nc2cc(OC)c(OC)cc2c1-c1ccc(OC)c(OC)c1.Cl.Cl. The van der Waals surface area contributed by atoms with Crippen molar-refractivity contribution in [2.45, 2.75) is 26.7 Å². The van der Waals surface area contributed by atoms with E-state index in [0.29, 0.717) is 63.6 Å². The second-order valence-electron chi connectivity index (χ2n) is 8.34. The molecule has 0 bridgehead atoms. The average molecular weight is 578 g/mol. The number of ether oxygens (including phenoxy) is 5. The van der Waals surface area contributed by atoms with Crippen LogP contribution in [-0.2, 0) is 17.6 Å². The van der Waals surface area contributed by atoms with Crippen molar-refractivity contribution in [3.63, 3.8) is 0 Å². The van der Waals surface area contributed by atoms with Crippen molar-refractivity contribution in [3.8, 4) is 34.1 Å². The van der Waals surface area contributed by atoms with Crippen LogP contribution in [0.1, 0.15) is 34.5 Å². The van der Waals surface area contributed by atoms with Gasteiger partial charge in [-0.05, 0) is 44.0 Å². The van der Waals surface area contributed by atoms with E-state index in [2.05, 4.69) is 9.97 Å². The topological polar surface area (TPSA) is 105 Å².